The van der Waals surface area contributed by atoms with E-state index in [1.165, 1.54) is 0 Å². The maximum atomic E-state index is 12.5. The lowest BCUT2D eigenvalue weighted by Gasteiger charge is -2.27. The summed E-state index contributed by atoms with van der Waals surface area (Å²) in [5, 5.41) is 15.0. The van der Waals surface area contributed by atoms with Crippen LogP contribution in [0.2, 0.25) is 5.02 Å². The molecule has 2 unspecified atom stereocenters. The lowest BCUT2D eigenvalue weighted by Crippen LogP contribution is -2.33. The molecule has 2 atom stereocenters. The Hall–Kier alpha value is -1.89. The van der Waals surface area contributed by atoms with Gasteiger partial charge in [0, 0.05) is 27.8 Å². The number of nitrogens with one attached hydrogen (secondary N) is 1. The van der Waals surface area contributed by atoms with Gasteiger partial charge in [0.25, 0.3) is 5.91 Å². The zero-order valence-corrected chi connectivity index (χ0v) is 16.6. The molecule has 2 aliphatic rings. The van der Waals surface area contributed by atoms with Gasteiger partial charge in [-0.1, -0.05) is 33.6 Å². The molecule has 1 amide bonds. The quantitative estimate of drug-likeness (QED) is 0.643. The summed E-state index contributed by atoms with van der Waals surface area (Å²) in [6.45, 7) is 0. The maximum absolute atomic E-state index is 12.5. The molecule has 0 aliphatic heterocycles. The number of benzene rings is 1. The maximum Gasteiger partial charge on any atom is 0.251 e. The van der Waals surface area contributed by atoms with E-state index in [0.717, 1.165) is 15.6 Å². The first-order chi connectivity index (χ1) is 12.9. The zero-order valence-electron chi connectivity index (χ0n) is 14.3. The minimum Gasteiger partial charge on any atom is -0.385 e. The summed E-state index contributed by atoms with van der Waals surface area (Å²) >= 11 is 9.62. The highest BCUT2D eigenvalue weighted by atomic mass is 79.9. The molecule has 0 radical (unpaired) electrons. The number of carbonyl (C=O) groups is 1. The second-order valence-corrected chi connectivity index (χ2v) is 8.89. The number of aliphatic hydroxyl groups is 1. The lowest BCUT2D eigenvalue weighted by molar-refractivity contribution is 0.0289. The molecule has 2 N–H and O–H groups in total. The van der Waals surface area contributed by atoms with Crippen LogP contribution in [0.15, 0.2) is 53.5 Å². The number of carbonyl (C=O) groups excluding carboxylic acids is 1. The van der Waals surface area contributed by atoms with E-state index in [-0.39, 0.29) is 23.8 Å². The molecule has 2 aromatic heterocycles. The van der Waals surface area contributed by atoms with Crippen LogP contribution in [0.3, 0.4) is 0 Å². The SMILES string of the molecule is O=C(NC1C2CC(O)(c3cc(Cl)cn4cncc34)CC21)c1cccc(Br)c1. The normalized spacial score (nSPS) is 28.9. The van der Waals surface area contributed by atoms with Crippen molar-refractivity contribution in [1.29, 1.82) is 0 Å². The van der Waals surface area contributed by atoms with E-state index in [2.05, 4.69) is 26.2 Å². The van der Waals surface area contributed by atoms with Gasteiger partial charge in [0.2, 0.25) is 0 Å². The zero-order chi connectivity index (χ0) is 18.8. The minimum absolute atomic E-state index is 0.0693. The van der Waals surface area contributed by atoms with Gasteiger partial charge in [-0.05, 0) is 48.9 Å². The van der Waals surface area contributed by atoms with Crippen LogP contribution in [0.1, 0.15) is 28.8 Å². The third-order valence-corrected chi connectivity index (χ3v) is 6.55. The first-order valence-electron chi connectivity index (χ1n) is 8.85. The van der Waals surface area contributed by atoms with E-state index in [1.54, 1.807) is 24.8 Å². The number of hydrogen-bond acceptors (Lipinski definition) is 3. The largest absolute Gasteiger partial charge is 0.385 e. The van der Waals surface area contributed by atoms with Gasteiger partial charge < -0.3 is 14.8 Å². The fraction of sp³-hybridized carbons (Fsp3) is 0.300. The molecule has 27 heavy (non-hydrogen) atoms. The molecule has 3 aromatic rings. The fourth-order valence-corrected chi connectivity index (χ4v) is 5.15. The van der Waals surface area contributed by atoms with Crippen LogP contribution in [0.4, 0.5) is 0 Å². The first kappa shape index (κ1) is 17.2. The van der Waals surface area contributed by atoms with Gasteiger partial charge >= 0.3 is 0 Å². The summed E-state index contributed by atoms with van der Waals surface area (Å²) in [6.07, 6.45) is 6.45. The van der Waals surface area contributed by atoms with E-state index < -0.39 is 5.60 Å². The van der Waals surface area contributed by atoms with Crippen molar-refractivity contribution in [3.63, 3.8) is 0 Å². The number of imidazole rings is 1. The molecule has 2 fully saturated rings. The number of hydrogen-bond donors (Lipinski definition) is 2. The number of amides is 1. The molecule has 1 aromatic carbocycles. The molecule has 7 heteroatoms. The Morgan fingerprint density at radius 2 is 2.11 bits per heavy atom. The summed E-state index contributed by atoms with van der Waals surface area (Å²) in [5.41, 5.74) is 1.40. The highest BCUT2D eigenvalue weighted by molar-refractivity contribution is 9.10. The number of fused-ring (bicyclic) bond motifs is 2. The second-order valence-electron chi connectivity index (χ2n) is 7.54. The van der Waals surface area contributed by atoms with Crippen molar-refractivity contribution in [2.45, 2.75) is 24.5 Å². The Bertz CT molecular complexity index is 1050. The van der Waals surface area contributed by atoms with Crippen LogP contribution in [-0.2, 0) is 5.60 Å². The van der Waals surface area contributed by atoms with Crippen molar-refractivity contribution in [2.24, 2.45) is 11.8 Å². The average molecular weight is 447 g/mol. The van der Waals surface area contributed by atoms with Crippen molar-refractivity contribution in [2.75, 3.05) is 0 Å². The molecule has 2 heterocycles. The van der Waals surface area contributed by atoms with Crippen LogP contribution in [0.25, 0.3) is 5.52 Å². The van der Waals surface area contributed by atoms with E-state index in [1.807, 2.05) is 28.7 Å². The molecule has 0 bridgehead atoms. The minimum atomic E-state index is -0.932. The molecule has 2 saturated carbocycles. The van der Waals surface area contributed by atoms with Gasteiger partial charge in [0.1, 0.15) is 0 Å². The highest BCUT2D eigenvalue weighted by Gasteiger charge is 2.62. The Morgan fingerprint density at radius 1 is 1.33 bits per heavy atom. The Kier molecular flexibility index (Phi) is 3.86. The molecule has 2 aliphatic carbocycles. The van der Waals surface area contributed by atoms with Crippen molar-refractivity contribution in [1.82, 2.24) is 14.7 Å². The third-order valence-electron chi connectivity index (χ3n) is 5.85. The van der Waals surface area contributed by atoms with Gasteiger partial charge in [0.05, 0.1) is 28.7 Å². The summed E-state index contributed by atoms with van der Waals surface area (Å²) in [5.74, 6) is 0.501. The highest BCUT2D eigenvalue weighted by Crippen LogP contribution is 2.60. The number of pyridine rings is 1. The van der Waals surface area contributed by atoms with Gasteiger partial charge in [0.15, 0.2) is 0 Å². The lowest BCUT2D eigenvalue weighted by atomic mass is 9.88. The van der Waals surface area contributed by atoms with Gasteiger partial charge in [-0.15, -0.1) is 0 Å². The van der Waals surface area contributed by atoms with E-state index in [4.69, 9.17) is 11.6 Å². The molecule has 0 spiro atoms. The van der Waals surface area contributed by atoms with Crippen molar-refractivity contribution < 1.29 is 9.90 Å². The van der Waals surface area contributed by atoms with Crippen molar-refractivity contribution in [3.05, 3.63) is 69.7 Å². The Balaban J connectivity index is 1.33. The standard InChI is InChI=1S/C20H17BrClN3O2/c21-12-3-1-2-11(4-12)19(26)24-18-14-6-20(27,7-15(14)18)16-5-13(22)9-25-10-23-8-17(16)25/h1-5,8-10,14-15,18,27H,6-7H2,(H,24,26). The first-order valence-corrected chi connectivity index (χ1v) is 10.0. The van der Waals surface area contributed by atoms with Crippen molar-refractivity contribution >= 4 is 39.0 Å². The fourth-order valence-electron chi connectivity index (χ4n) is 4.53. The van der Waals surface area contributed by atoms with Gasteiger partial charge in [-0.25, -0.2) is 4.98 Å². The van der Waals surface area contributed by atoms with Crippen LogP contribution in [0, 0.1) is 11.8 Å². The van der Waals surface area contributed by atoms with Gasteiger partial charge in [-0.3, -0.25) is 4.79 Å². The molecular weight excluding hydrogens is 430 g/mol. The predicted octanol–water partition coefficient (Wildman–Crippen LogP) is 3.78. The van der Waals surface area contributed by atoms with E-state index in [9.17, 15) is 9.90 Å². The van der Waals surface area contributed by atoms with Gasteiger partial charge in [-0.2, -0.15) is 0 Å². The summed E-state index contributed by atoms with van der Waals surface area (Å²) in [4.78, 5) is 16.6. The number of halogens is 2. The van der Waals surface area contributed by atoms with Crippen LogP contribution in [0.5, 0.6) is 0 Å². The number of nitrogens with zero attached hydrogens (tertiary/aromatic N) is 2. The smallest absolute Gasteiger partial charge is 0.251 e. The molecular formula is C20H17BrClN3O2. The van der Waals surface area contributed by atoms with Crippen LogP contribution < -0.4 is 5.32 Å². The topological polar surface area (TPSA) is 66.6 Å². The second kappa shape index (κ2) is 6.06. The third kappa shape index (κ3) is 2.87. The molecule has 5 nitrogen and oxygen atoms in total. The van der Waals surface area contributed by atoms with Crippen LogP contribution >= 0.6 is 27.5 Å². The van der Waals surface area contributed by atoms with E-state index in [0.29, 0.717) is 23.4 Å². The summed E-state index contributed by atoms with van der Waals surface area (Å²) in [7, 11) is 0. The Morgan fingerprint density at radius 3 is 2.85 bits per heavy atom. The summed E-state index contributed by atoms with van der Waals surface area (Å²) < 4.78 is 2.72. The Labute approximate surface area is 169 Å². The summed E-state index contributed by atoms with van der Waals surface area (Å²) in [6, 6.07) is 9.31. The van der Waals surface area contributed by atoms with Crippen molar-refractivity contribution in [3.8, 4) is 0 Å². The average Bonchev–Trinajstić information content (AvgIpc) is 3.01. The predicted molar refractivity (Wildman–Crippen MR) is 106 cm³/mol. The monoisotopic (exact) mass is 445 g/mol. The molecule has 5 rings (SSSR count). The van der Waals surface area contributed by atoms with E-state index >= 15 is 0 Å². The number of aromatic nitrogens is 2. The van der Waals surface area contributed by atoms with Crippen LogP contribution in [-0.4, -0.2) is 26.4 Å². The molecule has 0 saturated heterocycles. The number of rotatable bonds is 3. The molecule has 138 valence electrons.